The highest BCUT2D eigenvalue weighted by Gasteiger charge is 2.12. The van der Waals surface area contributed by atoms with Crippen molar-refractivity contribution in [2.45, 2.75) is 13.3 Å². The number of anilines is 1. The van der Waals surface area contributed by atoms with E-state index in [1.54, 1.807) is 15.9 Å². The molecule has 5 aromatic rings. The number of fused-ring (bicyclic) bond motifs is 1. The number of hydrogen-bond donors (Lipinski definition) is 1. The van der Waals surface area contributed by atoms with Crippen LogP contribution in [0.5, 0.6) is 5.75 Å². The van der Waals surface area contributed by atoms with E-state index < -0.39 is 0 Å². The number of thiophene rings is 1. The van der Waals surface area contributed by atoms with Gasteiger partial charge in [-0.25, -0.2) is 0 Å². The van der Waals surface area contributed by atoms with Crippen LogP contribution >= 0.6 is 11.3 Å². The molecule has 0 aliphatic heterocycles. The second kappa shape index (κ2) is 9.22. The van der Waals surface area contributed by atoms with Gasteiger partial charge >= 0.3 is 0 Å². The molecular weight excluding hydrogens is 434 g/mol. The summed E-state index contributed by atoms with van der Waals surface area (Å²) in [5.74, 6) is 1.45. The van der Waals surface area contributed by atoms with E-state index in [1.165, 1.54) is 0 Å². The standard InChI is InChI=1S/C25H21N5O2S/c1-2-32-20-11-5-17(6-12-20)16-24(31)26-19-9-7-18(8-10-19)21-13-14-23-27-28-25(30(23)29-21)22-4-3-15-33-22/h3-15H,2,16H2,1H3,(H,26,31). The van der Waals surface area contributed by atoms with Crippen LogP contribution in [0.1, 0.15) is 12.5 Å². The number of ether oxygens (including phenoxy) is 1. The van der Waals surface area contributed by atoms with Gasteiger partial charge in [-0.2, -0.15) is 9.61 Å². The molecule has 0 unspecified atom stereocenters. The molecule has 0 spiro atoms. The minimum atomic E-state index is -0.0727. The van der Waals surface area contributed by atoms with Crippen LogP contribution < -0.4 is 10.1 Å². The lowest BCUT2D eigenvalue weighted by atomic mass is 10.1. The predicted octanol–water partition coefficient (Wildman–Crippen LogP) is 5.10. The molecule has 0 bridgehead atoms. The molecule has 0 radical (unpaired) electrons. The Morgan fingerprint density at radius 3 is 2.55 bits per heavy atom. The average Bonchev–Trinajstić information content (AvgIpc) is 3.50. The van der Waals surface area contributed by atoms with Crippen LogP contribution in [0.25, 0.3) is 27.6 Å². The summed E-state index contributed by atoms with van der Waals surface area (Å²) in [6.07, 6.45) is 0.297. The Labute approximate surface area is 194 Å². The van der Waals surface area contributed by atoms with Crippen molar-refractivity contribution < 1.29 is 9.53 Å². The number of carbonyl (C=O) groups is 1. The molecule has 3 aromatic heterocycles. The summed E-state index contributed by atoms with van der Waals surface area (Å²) in [5, 5.41) is 18.2. The molecule has 8 heteroatoms. The van der Waals surface area contributed by atoms with Crippen LogP contribution in [0.4, 0.5) is 5.69 Å². The van der Waals surface area contributed by atoms with E-state index in [9.17, 15) is 4.79 Å². The van der Waals surface area contributed by atoms with Crippen molar-refractivity contribution in [1.29, 1.82) is 0 Å². The largest absolute Gasteiger partial charge is 0.494 e. The fourth-order valence-corrected chi connectivity index (χ4v) is 4.18. The predicted molar refractivity (Wildman–Crippen MR) is 129 cm³/mol. The van der Waals surface area contributed by atoms with E-state index in [4.69, 9.17) is 9.84 Å². The third-order valence-electron chi connectivity index (χ3n) is 5.07. The van der Waals surface area contributed by atoms with Gasteiger partial charge in [0, 0.05) is 11.3 Å². The topological polar surface area (TPSA) is 81.4 Å². The first-order chi connectivity index (χ1) is 16.2. The molecular formula is C25H21N5O2S. The van der Waals surface area contributed by atoms with Crippen molar-refractivity contribution in [1.82, 2.24) is 19.8 Å². The Morgan fingerprint density at radius 1 is 1.00 bits per heavy atom. The molecule has 1 N–H and O–H groups in total. The molecule has 0 aliphatic rings. The van der Waals surface area contributed by atoms with Crippen molar-refractivity contribution in [2.24, 2.45) is 0 Å². The van der Waals surface area contributed by atoms with Crippen LogP contribution in [-0.2, 0) is 11.2 Å². The third kappa shape index (κ3) is 4.61. The number of rotatable bonds is 7. The maximum absolute atomic E-state index is 12.4. The van der Waals surface area contributed by atoms with E-state index in [2.05, 4.69) is 15.5 Å². The lowest BCUT2D eigenvalue weighted by molar-refractivity contribution is -0.115. The van der Waals surface area contributed by atoms with Crippen molar-refractivity contribution >= 4 is 28.6 Å². The quantitative estimate of drug-likeness (QED) is 0.369. The van der Waals surface area contributed by atoms with Crippen LogP contribution in [0.3, 0.4) is 0 Å². The fourth-order valence-electron chi connectivity index (χ4n) is 3.49. The zero-order chi connectivity index (χ0) is 22.6. The first-order valence-electron chi connectivity index (χ1n) is 10.6. The van der Waals surface area contributed by atoms with E-state index in [0.29, 0.717) is 18.7 Å². The molecule has 0 fully saturated rings. The molecule has 0 saturated carbocycles. The van der Waals surface area contributed by atoms with Gasteiger partial charge in [-0.05, 0) is 60.3 Å². The van der Waals surface area contributed by atoms with Gasteiger partial charge in [-0.3, -0.25) is 4.79 Å². The summed E-state index contributed by atoms with van der Waals surface area (Å²) in [5.41, 5.74) is 4.10. The van der Waals surface area contributed by atoms with Gasteiger partial charge < -0.3 is 10.1 Å². The number of amides is 1. The van der Waals surface area contributed by atoms with Gasteiger partial charge in [0.1, 0.15) is 5.75 Å². The number of nitrogens with zero attached hydrogens (tertiary/aromatic N) is 4. The van der Waals surface area contributed by atoms with E-state index in [1.807, 2.05) is 85.1 Å². The second-order valence-electron chi connectivity index (χ2n) is 7.37. The monoisotopic (exact) mass is 455 g/mol. The average molecular weight is 456 g/mol. The lowest BCUT2D eigenvalue weighted by Crippen LogP contribution is -2.14. The summed E-state index contributed by atoms with van der Waals surface area (Å²) in [7, 11) is 0. The maximum atomic E-state index is 12.4. The number of aromatic nitrogens is 4. The van der Waals surface area contributed by atoms with Crippen molar-refractivity contribution in [3.05, 3.63) is 83.7 Å². The highest BCUT2D eigenvalue weighted by atomic mass is 32.1. The summed E-state index contributed by atoms with van der Waals surface area (Å²) in [6.45, 7) is 2.56. The Morgan fingerprint density at radius 2 is 1.82 bits per heavy atom. The Balaban J connectivity index is 1.29. The zero-order valence-corrected chi connectivity index (χ0v) is 18.7. The van der Waals surface area contributed by atoms with Crippen LogP contribution in [0.2, 0.25) is 0 Å². The van der Waals surface area contributed by atoms with Crippen LogP contribution in [0, 0.1) is 0 Å². The van der Waals surface area contributed by atoms with E-state index >= 15 is 0 Å². The highest BCUT2D eigenvalue weighted by molar-refractivity contribution is 7.13. The smallest absolute Gasteiger partial charge is 0.228 e. The number of benzene rings is 2. The van der Waals surface area contributed by atoms with Crippen molar-refractivity contribution in [3.8, 4) is 27.7 Å². The molecule has 33 heavy (non-hydrogen) atoms. The molecule has 0 saturated heterocycles. The molecule has 164 valence electrons. The summed E-state index contributed by atoms with van der Waals surface area (Å²) >= 11 is 1.60. The molecule has 3 heterocycles. The minimum Gasteiger partial charge on any atom is -0.494 e. The molecule has 1 amide bonds. The van der Waals surface area contributed by atoms with Gasteiger partial charge in [0.15, 0.2) is 11.5 Å². The van der Waals surface area contributed by atoms with Gasteiger partial charge in [-0.15, -0.1) is 21.5 Å². The van der Waals surface area contributed by atoms with Crippen molar-refractivity contribution in [3.63, 3.8) is 0 Å². The Hall–Kier alpha value is -4.04. The molecule has 0 atom stereocenters. The van der Waals surface area contributed by atoms with Crippen LogP contribution in [-0.4, -0.2) is 32.3 Å². The zero-order valence-electron chi connectivity index (χ0n) is 17.9. The Bertz CT molecular complexity index is 1380. The maximum Gasteiger partial charge on any atom is 0.228 e. The minimum absolute atomic E-state index is 0.0727. The third-order valence-corrected chi connectivity index (χ3v) is 5.93. The van der Waals surface area contributed by atoms with Crippen molar-refractivity contribution in [2.75, 3.05) is 11.9 Å². The summed E-state index contributed by atoms with van der Waals surface area (Å²) in [6, 6.07) is 23.0. The first-order valence-corrected chi connectivity index (χ1v) is 11.5. The summed E-state index contributed by atoms with van der Waals surface area (Å²) < 4.78 is 7.20. The summed E-state index contributed by atoms with van der Waals surface area (Å²) in [4.78, 5) is 13.5. The molecule has 7 nitrogen and oxygen atoms in total. The highest BCUT2D eigenvalue weighted by Crippen LogP contribution is 2.25. The lowest BCUT2D eigenvalue weighted by Gasteiger charge is -2.08. The van der Waals surface area contributed by atoms with E-state index in [-0.39, 0.29) is 5.91 Å². The van der Waals surface area contributed by atoms with Gasteiger partial charge in [0.25, 0.3) is 0 Å². The first kappa shape index (κ1) is 20.8. The van der Waals surface area contributed by atoms with Crippen LogP contribution in [0.15, 0.2) is 78.2 Å². The number of hydrogen-bond acceptors (Lipinski definition) is 6. The van der Waals surface area contributed by atoms with Gasteiger partial charge in [-0.1, -0.05) is 30.3 Å². The number of carbonyl (C=O) groups excluding carboxylic acids is 1. The number of nitrogens with one attached hydrogen (secondary N) is 1. The van der Waals surface area contributed by atoms with Gasteiger partial charge in [0.05, 0.1) is 23.6 Å². The normalized spacial score (nSPS) is 10.9. The molecule has 5 rings (SSSR count). The SMILES string of the molecule is CCOc1ccc(CC(=O)Nc2ccc(-c3ccc4nnc(-c5cccs5)n4n3)cc2)cc1. The molecule has 2 aromatic carbocycles. The van der Waals surface area contributed by atoms with E-state index in [0.717, 1.165) is 39.0 Å². The second-order valence-corrected chi connectivity index (χ2v) is 8.32. The fraction of sp³-hybridized carbons (Fsp3) is 0.120. The Kier molecular flexibility index (Phi) is 5.82. The van der Waals surface area contributed by atoms with Gasteiger partial charge in [0.2, 0.25) is 5.91 Å². The molecule has 0 aliphatic carbocycles.